The Labute approximate surface area is 103 Å². The van der Waals surface area contributed by atoms with E-state index in [2.05, 4.69) is 16.0 Å². The molecule has 1 saturated heterocycles. The van der Waals surface area contributed by atoms with Crippen molar-refractivity contribution >= 4 is 5.82 Å². The summed E-state index contributed by atoms with van der Waals surface area (Å²) >= 11 is 0. The molecule has 0 radical (unpaired) electrons. The summed E-state index contributed by atoms with van der Waals surface area (Å²) in [4.78, 5) is 7.06. The van der Waals surface area contributed by atoms with Crippen molar-refractivity contribution in [3.63, 3.8) is 0 Å². The van der Waals surface area contributed by atoms with Crippen LogP contribution in [0.3, 0.4) is 0 Å². The molecule has 1 aliphatic heterocycles. The van der Waals surface area contributed by atoms with Crippen molar-refractivity contribution in [2.75, 3.05) is 24.5 Å². The van der Waals surface area contributed by atoms with E-state index in [1.54, 1.807) is 0 Å². The van der Waals surface area contributed by atoms with Crippen LogP contribution in [0, 0.1) is 11.8 Å². The molecule has 1 aromatic heterocycles. The summed E-state index contributed by atoms with van der Waals surface area (Å²) < 4.78 is 0. The van der Waals surface area contributed by atoms with Crippen LogP contribution in [0.1, 0.15) is 24.8 Å². The lowest BCUT2D eigenvalue weighted by molar-refractivity contribution is 0.494. The first-order valence-electron chi connectivity index (χ1n) is 6.77. The van der Waals surface area contributed by atoms with Crippen LogP contribution in [-0.4, -0.2) is 24.6 Å². The summed E-state index contributed by atoms with van der Waals surface area (Å²) in [5, 5.41) is 0. The van der Waals surface area contributed by atoms with E-state index in [1.165, 1.54) is 43.7 Å². The number of pyridine rings is 1. The van der Waals surface area contributed by atoms with E-state index < -0.39 is 0 Å². The van der Waals surface area contributed by atoms with Crippen molar-refractivity contribution in [1.29, 1.82) is 0 Å². The summed E-state index contributed by atoms with van der Waals surface area (Å²) in [6, 6.07) is 4.19. The van der Waals surface area contributed by atoms with Gasteiger partial charge in [0.05, 0.1) is 0 Å². The van der Waals surface area contributed by atoms with Gasteiger partial charge in [-0.25, -0.2) is 4.98 Å². The second-order valence-electron chi connectivity index (χ2n) is 5.38. The van der Waals surface area contributed by atoms with Gasteiger partial charge in [-0.2, -0.15) is 0 Å². The molecule has 0 bridgehead atoms. The van der Waals surface area contributed by atoms with Gasteiger partial charge in [0.2, 0.25) is 0 Å². The van der Waals surface area contributed by atoms with Gasteiger partial charge in [0.1, 0.15) is 5.82 Å². The van der Waals surface area contributed by atoms with Gasteiger partial charge in [-0.1, -0.05) is 12.5 Å². The lowest BCUT2D eigenvalue weighted by Crippen LogP contribution is -2.23. The Hall–Kier alpha value is -1.09. The molecule has 2 heterocycles. The normalized spacial score (nSPS) is 27.5. The molecule has 0 amide bonds. The molecule has 2 atom stereocenters. The fraction of sp³-hybridized carbons (Fsp3) is 0.643. The topological polar surface area (TPSA) is 42.1 Å². The van der Waals surface area contributed by atoms with Crippen molar-refractivity contribution in [2.24, 2.45) is 17.6 Å². The Kier molecular flexibility index (Phi) is 3.02. The molecule has 3 heteroatoms. The number of hydrogen-bond donors (Lipinski definition) is 1. The molecule has 17 heavy (non-hydrogen) atoms. The molecule has 2 N–H and O–H groups in total. The number of nitrogens with zero attached hydrogens (tertiary/aromatic N) is 2. The minimum Gasteiger partial charge on any atom is -0.356 e. The molecule has 2 unspecified atom stereocenters. The molecule has 2 aliphatic rings. The Morgan fingerprint density at radius 3 is 2.76 bits per heavy atom. The van der Waals surface area contributed by atoms with Crippen molar-refractivity contribution in [2.45, 2.75) is 25.7 Å². The lowest BCUT2D eigenvalue weighted by atomic mass is 10.0. The minimum absolute atomic E-state index is 0.708. The van der Waals surface area contributed by atoms with E-state index >= 15 is 0 Å². The van der Waals surface area contributed by atoms with Gasteiger partial charge in [0.15, 0.2) is 0 Å². The first-order valence-corrected chi connectivity index (χ1v) is 6.77. The van der Waals surface area contributed by atoms with Crippen molar-refractivity contribution in [3.8, 4) is 0 Å². The highest BCUT2D eigenvalue weighted by Gasteiger charge is 2.36. The molecule has 3 nitrogen and oxygen atoms in total. The quantitative estimate of drug-likeness (QED) is 0.863. The van der Waals surface area contributed by atoms with Crippen LogP contribution in [0.2, 0.25) is 0 Å². The number of fused-ring (bicyclic) bond motifs is 1. The van der Waals surface area contributed by atoms with Crippen LogP contribution < -0.4 is 10.6 Å². The third kappa shape index (κ3) is 2.04. The van der Waals surface area contributed by atoms with Crippen LogP contribution in [-0.2, 0) is 6.42 Å². The highest BCUT2D eigenvalue weighted by Crippen LogP contribution is 2.39. The zero-order valence-corrected chi connectivity index (χ0v) is 10.3. The Morgan fingerprint density at radius 2 is 2.06 bits per heavy atom. The van der Waals surface area contributed by atoms with Gasteiger partial charge >= 0.3 is 0 Å². The molecule has 92 valence electrons. The molecule has 3 rings (SSSR count). The zero-order valence-electron chi connectivity index (χ0n) is 10.3. The van der Waals surface area contributed by atoms with Crippen molar-refractivity contribution in [3.05, 3.63) is 23.9 Å². The highest BCUT2D eigenvalue weighted by molar-refractivity contribution is 5.48. The van der Waals surface area contributed by atoms with Gasteiger partial charge in [0, 0.05) is 19.3 Å². The van der Waals surface area contributed by atoms with E-state index in [9.17, 15) is 0 Å². The number of hydrogen-bond acceptors (Lipinski definition) is 3. The molecule has 0 spiro atoms. The maximum atomic E-state index is 5.67. The first-order chi connectivity index (χ1) is 8.38. The van der Waals surface area contributed by atoms with E-state index in [1.807, 2.05) is 12.3 Å². The second-order valence-corrected chi connectivity index (χ2v) is 5.38. The van der Waals surface area contributed by atoms with E-state index in [4.69, 9.17) is 5.73 Å². The van der Waals surface area contributed by atoms with Gasteiger partial charge in [-0.15, -0.1) is 0 Å². The summed E-state index contributed by atoms with van der Waals surface area (Å²) in [6.07, 6.45) is 7.11. The summed E-state index contributed by atoms with van der Waals surface area (Å²) in [5.74, 6) is 3.03. The number of nitrogens with two attached hydrogens (primary N) is 1. The second kappa shape index (κ2) is 4.65. The average Bonchev–Trinajstić information content (AvgIpc) is 2.90. The van der Waals surface area contributed by atoms with Gasteiger partial charge in [-0.3, -0.25) is 0 Å². The maximum absolute atomic E-state index is 5.67. The fourth-order valence-electron chi connectivity index (χ4n) is 3.47. The summed E-state index contributed by atoms with van der Waals surface area (Å²) in [5.41, 5.74) is 6.99. The lowest BCUT2D eigenvalue weighted by Gasteiger charge is -2.21. The molecule has 1 aliphatic carbocycles. The average molecular weight is 231 g/mol. The standard InChI is InChI=1S/C14H21N3/c15-7-6-11-5-2-8-16-14(11)17-9-12-3-1-4-13(12)10-17/h2,5,8,12-13H,1,3-4,6-7,9-10,15H2. The first kappa shape index (κ1) is 11.0. The summed E-state index contributed by atoms with van der Waals surface area (Å²) in [7, 11) is 0. The maximum Gasteiger partial charge on any atom is 0.131 e. The molecule has 1 saturated carbocycles. The number of aromatic nitrogens is 1. The fourth-order valence-corrected chi connectivity index (χ4v) is 3.47. The van der Waals surface area contributed by atoms with Crippen LogP contribution >= 0.6 is 0 Å². The van der Waals surface area contributed by atoms with Crippen LogP contribution in [0.15, 0.2) is 18.3 Å². The van der Waals surface area contributed by atoms with Gasteiger partial charge in [-0.05, 0) is 49.3 Å². The van der Waals surface area contributed by atoms with Gasteiger partial charge < -0.3 is 10.6 Å². The smallest absolute Gasteiger partial charge is 0.131 e. The molecule has 1 aromatic rings. The van der Waals surface area contributed by atoms with E-state index in [0.717, 1.165) is 18.3 Å². The predicted molar refractivity (Wildman–Crippen MR) is 70.0 cm³/mol. The Bertz CT molecular complexity index is 379. The third-order valence-electron chi connectivity index (χ3n) is 4.31. The van der Waals surface area contributed by atoms with Crippen LogP contribution in [0.4, 0.5) is 5.82 Å². The number of anilines is 1. The molecule has 0 aromatic carbocycles. The summed E-state index contributed by atoms with van der Waals surface area (Å²) in [6.45, 7) is 3.12. The minimum atomic E-state index is 0.708. The van der Waals surface area contributed by atoms with Crippen molar-refractivity contribution in [1.82, 2.24) is 4.98 Å². The monoisotopic (exact) mass is 231 g/mol. The highest BCUT2D eigenvalue weighted by atomic mass is 15.2. The largest absolute Gasteiger partial charge is 0.356 e. The molecular formula is C14H21N3. The van der Waals surface area contributed by atoms with E-state index in [-0.39, 0.29) is 0 Å². The van der Waals surface area contributed by atoms with Crippen LogP contribution in [0.25, 0.3) is 0 Å². The van der Waals surface area contributed by atoms with Gasteiger partial charge in [0.25, 0.3) is 0 Å². The number of rotatable bonds is 3. The zero-order chi connectivity index (χ0) is 11.7. The molecule has 2 fully saturated rings. The predicted octanol–water partition coefficient (Wildman–Crippen LogP) is 1.82. The molecular weight excluding hydrogens is 210 g/mol. The van der Waals surface area contributed by atoms with E-state index in [0.29, 0.717) is 6.54 Å². The van der Waals surface area contributed by atoms with Crippen LogP contribution in [0.5, 0.6) is 0 Å². The van der Waals surface area contributed by atoms with Crippen molar-refractivity contribution < 1.29 is 0 Å². The third-order valence-corrected chi connectivity index (χ3v) is 4.31. The SMILES string of the molecule is NCCc1cccnc1N1CC2CCCC2C1. The Balaban J connectivity index is 1.80. The Morgan fingerprint density at radius 1 is 1.29 bits per heavy atom.